The highest BCUT2D eigenvalue weighted by Gasteiger charge is 2.36. The van der Waals surface area contributed by atoms with Gasteiger partial charge in [0.25, 0.3) is 11.8 Å². The van der Waals surface area contributed by atoms with Crippen molar-refractivity contribution in [3.05, 3.63) is 64.7 Å². The van der Waals surface area contributed by atoms with Crippen LogP contribution in [-0.2, 0) is 9.59 Å². The molecule has 4 amide bonds. The lowest BCUT2D eigenvalue weighted by Crippen LogP contribution is -2.46. The molecule has 0 fully saturated rings. The average Bonchev–Trinajstić information content (AvgIpc) is 2.88. The zero-order chi connectivity index (χ0) is 19.6. The fraction of sp³-hybridized carbons (Fsp3) is 0.200. The highest BCUT2D eigenvalue weighted by atomic mass is 16.2. The third-order valence-corrected chi connectivity index (χ3v) is 4.27. The number of hydrazine groups is 1. The Labute approximate surface area is 156 Å². The summed E-state index contributed by atoms with van der Waals surface area (Å²) < 4.78 is 0. The molecule has 3 rings (SSSR count). The molecule has 0 radical (unpaired) electrons. The van der Waals surface area contributed by atoms with Gasteiger partial charge in [0.05, 0.1) is 11.1 Å². The van der Waals surface area contributed by atoms with Crippen LogP contribution in [0.5, 0.6) is 0 Å². The number of carbonyl (C=O) groups excluding carboxylic acids is 4. The Hall–Kier alpha value is -3.48. The predicted octanol–water partition coefficient (Wildman–Crippen LogP) is 2.35. The van der Waals surface area contributed by atoms with Crippen LogP contribution in [0.1, 0.15) is 44.7 Å². The zero-order valence-electron chi connectivity index (χ0n) is 15.0. The second-order valence-electron chi connectivity index (χ2n) is 6.39. The van der Waals surface area contributed by atoms with Gasteiger partial charge >= 0.3 is 0 Å². The van der Waals surface area contributed by atoms with E-state index in [1.54, 1.807) is 18.2 Å². The molecule has 1 heterocycles. The first-order valence-corrected chi connectivity index (χ1v) is 8.51. The van der Waals surface area contributed by atoms with E-state index in [0.717, 1.165) is 11.1 Å². The van der Waals surface area contributed by atoms with Crippen LogP contribution in [-0.4, -0.2) is 28.6 Å². The third kappa shape index (κ3) is 3.87. The lowest BCUT2D eigenvalue weighted by Gasteiger charge is -2.15. The van der Waals surface area contributed by atoms with Crippen molar-refractivity contribution in [2.24, 2.45) is 0 Å². The van der Waals surface area contributed by atoms with E-state index in [1.165, 1.54) is 12.1 Å². The molecule has 7 nitrogen and oxygen atoms in total. The van der Waals surface area contributed by atoms with Crippen LogP contribution in [0.25, 0.3) is 0 Å². The first kappa shape index (κ1) is 18.3. The van der Waals surface area contributed by atoms with E-state index < -0.39 is 17.7 Å². The summed E-state index contributed by atoms with van der Waals surface area (Å²) in [5.41, 5.74) is 5.47. The molecule has 27 heavy (non-hydrogen) atoms. The van der Waals surface area contributed by atoms with Crippen LogP contribution in [0.3, 0.4) is 0 Å². The monoisotopic (exact) mass is 365 g/mol. The Morgan fingerprint density at radius 1 is 0.889 bits per heavy atom. The lowest BCUT2D eigenvalue weighted by molar-refractivity contribution is -0.126. The van der Waals surface area contributed by atoms with Crippen molar-refractivity contribution in [1.29, 1.82) is 0 Å². The van der Waals surface area contributed by atoms with Gasteiger partial charge in [0.15, 0.2) is 0 Å². The maximum Gasteiger partial charge on any atom is 0.280 e. The van der Waals surface area contributed by atoms with Gasteiger partial charge in [0.2, 0.25) is 11.8 Å². The van der Waals surface area contributed by atoms with Gasteiger partial charge in [-0.05, 0) is 37.6 Å². The normalized spacial score (nSPS) is 12.7. The number of nitrogens with zero attached hydrogens (tertiary/aromatic N) is 1. The van der Waals surface area contributed by atoms with Crippen LogP contribution in [0.15, 0.2) is 42.5 Å². The topological polar surface area (TPSA) is 95.6 Å². The molecule has 2 aromatic carbocycles. The van der Waals surface area contributed by atoms with Crippen molar-refractivity contribution in [2.75, 3.05) is 5.32 Å². The van der Waals surface area contributed by atoms with Gasteiger partial charge in [0.1, 0.15) is 0 Å². The predicted molar refractivity (Wildman–Crippen MR) is 98.9 cm³/mol. The van der Waals surface area contributed by atoms with Crippen molar-refractivity contribution < 1.29 is 19.2 Å². The summed E-state index contributed by atoms with van der Waals surface area (Å²) in [6, 6.07) is 12.0. The average molecular weight is 365 g/mol. The molecule has 138 valence electrons. The SMILES string of the molecule is Cc1ccc(NC(=O)CCC(=O)NN2C(=O)c3ccccc3C2=O)c(C)c1. The number of carbonyl (C=O) groups is 4. The van der Waals surface area contributed by atoms with Crippen LogP contribution in [0, 0.1) is 13.8 Å². The molecule has 1 aliphatic rings. The van der Waals surface area contributed by atoms with Crippen molar-refractivity contribution >= 4 is 29.3 Å². The first-order chi connectivity index (χ1) is 12.9. The zero-order valence-corrected chi connectivity index (χ0v) is 15.0. The number of hydrogen-bond donors (Lipinski definition) is 2. The second kappa shape index (κ2) is 7.41. The molecule has 2 N–H and O–H groups in total. The summed E-state index contributed by atoms with van der Waals surface area (Å²) in [6.07, 6.45) is -0.216. The van der Waals surface area contributed by atoms with Gasteiger partial charge in [-0.15, -0.1) is 0 Å². The van der Waals surface area contributed by atoms with E-state index in [0.29, 0.717) is 10.7 Å². The van der Waals surface area contributed by atoms with Crippen LogP contribution < -0.4 is 10.7 Å². The second-order valence-corrected chi connectivity index (χ2v) is 6.39. The molecule has 0 atom stereocenters. The fourth-order valence-corrected chi connectivity index (χ4v) is 2.86. The Morgan fingerprint density at radius 3 is 2.07 bits per heavy atom. The summed E-state index contributed by atoms with van der Waals surface area (Å²) in [4.78, 5) is 48.5. The number of imide groups is 1. The number of benzene rings is 2. The van der Waals surface area contributed by atoms with Crippen LogP contribution in [0.2, 0.25) is 0 Å². The maximum atomic E-state index is 12.2. The molecule has 0 spiro atoms. The molecule has 0 saturated heterocycles. The summed E-state index contributed by atoms with van der Waals surface area (Å²) >= 11 is 0. The Bertz CT molecular complexity index is 917. The Morgan fingerprint density at radius 2 is 1.48 bits per heavy atom. The molecule has 0 unspecified atom stereocenters. The van der Waals surface area contributed by atoms with Gasteiger partial charge in [-0.1, -0.05) is 29.8 Å². The highest BCUT2D eigenvalue weighted by Crippen LogP contribution is 2.21. The van der Waals surface area contributed by atoms with Crippen LogP contribution in [0.4, 0.5) is 5.69 Å². The van der Waals surface area contributed by atoms with Gasteiger partial charge in [-0.2, -0.15) is 5.01 Å². The number of aryl methyl sites for hydroxylation is 2. The summed E-state index contributed by atoms with van der Waals surface area (Å²) in [5.74, 6) is -2.06. The Kier molecular flexibility index (Phi) is 5.03. The maximum absolute atomic E-state index is 12.2. The molecule has 0 bridgehead atoms. The molecule has 7 heteroatoms. The number of anilines is 1. The van der Waals surface area contributed by atoms with E-state index in [1.807, 2.05) is 26.0 Å². The van der Waals surface area contributed by atoms with Gasteiger partial charge in [-0.3, -0.25) is 24.6 Å². The van der Waals surface area contributed by atoms with E-state index in [-0.39, 0.29) is 29.9 Å². The number of hydrogen-bond acceptors (Lipinski definition) is 4. The van der Waals surface area contributed by atoms with E-state index >= 15 is 0 Å². The summed E-state index contributed by atoms with van der Waals surface area (Å²) in [5, 5.41) is 3.44. The molecule has 1 aliphatic heterocycles. The largest absolute Gasteiger partial charge is 0.326 e. The summed E-state index contributed by atoms with van der Waals surface area (Å²) in [7, 11) is 0. The van der Waals surface area contributed by atoms with Crippen molar-refractivity contribution in [3.8, 4) is 0 Å². The van der Waals surface area contributed by atoms with Gasteiger partial charge < -0.3 is 5.32 Å². The minimum Gasteiger partial charge on any atom is -0.326 e. The van der Waals surface area contributed by atoms with E-state index in [4.69, 9.17) is 0 Å². The minimum atomic E-state index is -0.583. The number of fused-ring (bicyclic) bond motifs is 1. The van der Waals surface area contributed by atoms with Crippen LogP contribution >= 0.6 is 0 Å². The van der Waals surface area contributed by atoms with E-state index in [2.05, 4.69) is 10.7 Å². The van der Waals surface area contributed by atoms with Gasteiger partial charge in [0, 0.05) is 18.5 Å². The van der Waals surface area contributed by atoms with Crippen molar-refractivity contribution in [2.45, 2.75) is 26.7 Å². The summed E-state index contributed by atoms with van der Waals surface area (Å²) in [6.45, 7) is 3.85. The smallest absolute Gasteiger partial charge is 0.280 e. The van der Waals surface area contributed by atoms with Gasteiger partial charge in [-0.25, -0.2) is 0 Å². The highest BCUT2D eigenvalue weighted by molar-refractivity contribution is 6.21. The number of rotatable bonds is 5. The number of nitrogens with one attached hydrogen (secondary N) is 2. The Balaban J connectivity index is 1.54. The van der Waals surface area contributed by atoms with E-state index in [9.17, 15) is 19.2 Å². The molecule has 0 aromatic heterocycles. The molecular weight excluding hydrogens is 346 g/mol. The number of amides is 4. The lowest BCUT2D eigenvalue weighted by atomic mass is 10.1. The molecular formula is C20H19N3O4. The third-order valence-electron chi connectivity index (χ3n) is 4.27. The van der Waals surface area contributed by atoms with Crippen molar-refractivity contribution in [3.63, 3.8) is 0 Å². The molecule has 0 aliphatic carbocycles. The quantitative estimate of drug-likeness (QED) is 0.795. The molecule has 2 aromatic rings. The fourth-order valence-electron chi connectivity index (χ4n) is 2.86. The minimum absolute atomic E-state index is 0.0671. The molecule has 0 saturated carbocycles. The standard InChI is InChI=1S/C20H19N3O4/c1-12-7-8-16(13(2)11-12)21-17(24)9-10-18(25)22-23-19(26)14-5-3-4-6-15(14)20(23)27/h3-8,11H,9-10H2,1-2H3,(H,21,24)(H,22,25). The van der Waals surface area contributed by atoms with Crippen molar-refractivity contribution in [1.82, 2.24) is 10.4 Å². The first-order valence-electron chi connectivity index (χ1n) is 8.51.